The van der Waals surface area contributed by atoms with E-state index in [9.17, 15) is 14.4 Å². The highest BCUT2D eigenvalue weighted by Crippen LogP contribution is 2.41. The Morgan fingerprint density at radius 1 is 0.830 bits per heavy atom. The first-order valence-electron chi connectivity index (χ1n) is 18.1. The molecule has 2 N–H and O–H groups in total. The number of pyridine rings is 1. The van der Waals surface area contributed by atoms with Gasteiger partial charge in [0.1, 0.15) is 34.7 Å². The zero-order chi connectivity index (χ0) is 38.5. The predicted molar refractivity (Wildman–Crippen MR) is 202 cm³/mol. The van der Waals surface area contributed by atoms with Gasteiger partial charge in [0.05, 0.1) is 12.8 Å². The number of amides is 3. The minimum Gasteiger partial charge on any atom is -0.495 e. The van der Waals surface area contributed by atoms with E-state index in [1.807, 2.05) is 71.9 Å². The number of nitrogens with one attached hydrogen (secondary N) is 2. The van der Waals surface area contributed by atoms with Crippen molar-refractivity contribution in [2.75, 3.05) is 43.5 Å². The number of para-hydroxylation sites is 1. The molecule has 0 atom stereocenters. The Morgan fingerprint density at radius 3 is 2.06 bits per heavy atom. The largest absolute Gasteiger partial charge is 0.495 e. The van der Waals surface area contributed by atoms with Crippen LogP contribution in [-0.2, 0) is 14.3 Å². The van der Waals surface area contributed by atoms with Gasteiger partial charge in [-0.2, -0.15) is 4.98 Å². The van der Waals surface area contributed by atoms with Gasteiger partial charge in [-0.1, -0.05) is 24.3 Å². The number of carbonyl (C=O) groups excluding carboxylic acids is 3. The molecule has 0 spiro atoms. The quantitative estimate of drug-likeness (QED) is 0.238. The summed E-state index contributed by atoms with van der Waals surface area (Å²) in [4.78, 5) is 45.5. The van der Waals surface area contributed by atoms with E-state index in [0.29, 0.717) is 54.8 Å². The van der Waals surface area contributed by atoms with Crippen LogP contribution in [0.5, 0.6) is 11.6 Å². The fourth-order valence-corrected chi connectivity index (χ4v) is 6.47. The third kappa shape index (κ3) is 10.7. The molecule has 0 bridgehead atoms. The molecule has 1 aliphatic carbocycles. The van der Waals surface area contributed by atoms with Crippen molar-refractivity contribution >= 4 is 29.6 Å². The number of methoxy groups -OCH3 is 1. The number of anilines is 2. The van der Waals surface area contributed by atoms with Crippen LogP contribution in [0.4, 0.5) is 25.5 Å². The van der Waals surface area contributed by atoms with Crippen molar-refractivity contribution in [1.82, 2.24) is 15.2 Å². The van der Waals surface area contributed by atoms with Crippen molar-refractivity contribution < 1.29 is 37.7 Å². The monoisotopic (exact) mass is 733 g/mol. The second-order valence-corrected chi connectivity index (χ2v) is 15.5. The zero-order valence-corrected chi connectivity index (χ0v) is 32.0. The van der Waals surface area contributed by atoms with Crippen molar-refractivity contribution in [3.8, 4) is 33.9 Å². The maximum atomic E-state index is 15.1. The van der Waals surface area contributed by atoms with Gasteiger partial charge in [-0.3, -0.25) is 4.79 Å². The highest BCUT2D eigenvalue weighted by Gasteiger charge is 2.29. The van der Waals surface area contributed by atoms with Gasteiger partial charge in [0, 0.05) is 56.3 Å². The molecule has 53 heavy (non-hydrogen) atoms. The maximum absolute atomic E-state index is 15.1. The van der Waals surface area contributed by atoms with E-state index in [1.54, 1.807) is 18.1 Å². The number of alkyl carbamates (subject to hydrolysis) is 1. The van der Waals surface area contributed by atoms with E-state index in [1.165, 1.54) is 19.1 Å². The Bertz CT molecular complexity index is 1790. The van der Waals surface area contributed by atoms with Crippen LogP contribution in [0.1, 0.15) is 74.1 Å². The van der Waals surface area contributed by atoms with Gasteiger partial charge in [0.2, 0.25) is 11.8 Å². The van der Waals surface area contributed by atoms with Crippen LogP contribution in [0, 0.1) is 5.82 Å². The van der Waals surface area contributed by atoms with Crippen LogP contribution < -0.4 is 25.0 Å². The summed E-state index contributed by atoms with van der Waals surface area (Å²) in [5.74, 6) is 0.729. The number of nitrogens with zero attached hydrogens (tertiary/aromatic N) is 3. The summed E-state index contributed by atoms with van der Waals surface area (Å²) in [7, 11) is 1.57. The summed E-state index contributed by atoms with van der Waals surface area (Å²) < 4.78 is 38.6. The second kappa shape index (κ2) is 16.3. The molecule has 0 radical (unpaired) electrons. The maximum Gasteiger partial charge on any atom is 0.410 e. The molecule has 286 valence electrons. The van der Waals surface area contributed by atoms with E-state index in [0.717, 1.165) is 36.8 Å². The topological polar surface area (TPSA) is 132 Å². The van der Waals surface area contributed by atoms with Gasteiger partial charge in [0.25, 0.3) is 0 Å². The molecule has 1 saturated heterocycles. The summed E-state index contributed by atoms with van der Waals surface area (Å²) >= 11 is 0. The van der Waals surface area contributed by atoms with Gasteiger partial charge in [-0.05, 0) is 96.6 Å². The molecule has 5 rings (SSSR count). The Kier molecular flexibility index (Phi) is 12.0. The molecule has 2 aromatic carbocycles. The zero-order valence-electron chi connectivity index (χ0n) is 32.0. The van der Waals surface area contributed by atoms with Gasteiger partial charge in [-0.15, -0.1) is 0 Å². The standard InChI is InChI=1S/C40H52FN5O7/c1-25(47)42-33-17-12-26(22-32(33)41)30-10-9-11-31(36(30)50-8)27-23-34(45-18-20-46(21-19-45)38(49)53-40(5,6)7)44-35(24-27)51-29-15-13-28(14-16-29)43-37(48)52-39(2,3)4/h9-12,17,22-24,28-29H,13-16,18-21H2,1-8H3,(H,42,47)(H,43,48). The van der Waals surface area contributed by atoms with Crippen molar-refractivity contribution in [2.45, 2.75) is 97.5 Å². The summed E-state index contributed by atoms with van der Waals surface area (Å²) in [6.45, 7) is 14.4. The van der Waals surface area contributed by atoms with Crippen molar-refractivity contribution in [2.24, 2.45) is 0 Å². The number of hydrogen-bond donors (Lipinski definition) is 2. The lowest BCUT2D eigenvalue weighted by atomic mass is 9.93. The van der Waals surface area contributed by atoms with Crippen LogP contribution in [0.3, 0.4) is 0 Å². The van der Waals surface area contributed by atoms with E-state index in [4.69, 9.17) is 23.9 Å². The van der Waals surface area contributed by atoms with Gasteiger partial charge >= 0.3 is 12.2 Å². The summed E-state index contributed by atoms with van der Waals surface area (Å²) in [5, 5.41) is 5.49. The van der Waals surface area contributed by atoms with Gasteiger partial charge in [0.15, 0.2) is 0 Å². The average molecular weight is 734 g/mol. The number of benzene rings is 2. The van der Waals surface area contributed by atoms with Gasteiger partial charge in [-0.25, -0.2) is 14.0 Å². The first kappa shape index (κ1) is 39.1. The predicted octanol–water partition coefficient (Wildman–Crippen LogP) is 7.79. The Balaban J connectivity index is 1.42. The normalized spacial score (nSPS) is 17.8. The van der Waals surface area contributed by atoms with Crippen LogP contribution in [-0.4, -0.2) is 84.6 Å². The SMILES string of the molecule is COc1c(-c2cc(OC3CCC(NC(=O)OC(C)(C)C)CC3)nc(N3CCN(C(=O)OC(C)(C)C)CC3)c2)cccc1-c1ccc(NC(C)=O)c(F)c1. The number of ether oxygens (including phenoxy) is 4. The minimum absolute atomic E-state index is 0.00929. The number of hydrogen-bond acceptors (Lipinski definition) is 9. The second-order valence-electron chi connectivity index (χ2n) is 15.5. The minimum atomic E-state index is -0.589. The first-order chi connectivity index (χ1) is 25.0. The van der Waals surface area contributed by atoms with Crippen LogP contribution in [0.15, 0.2) is 48.5 Å². The molecule has 2 aliphatic rings. The van der Waals surface area contributed by atoms with Crippen molar-refractivity contribution in [3.05, 3.63) is 54.3 Å². The van der Waals surface area contributed by atoms with Crippen molar-refractivity contribution in [1.29, 1.82) is 0 Å². The van der Waals surface area contributed by atoms with E-state index < -0.39 is 23.1 Å². The molecule has 1 aromatic heterocycles. The average Bonchev–Trinajstić information content (AvgIpc) is 3.08. The molecular weight excluding hydrogens is 681 g/mol. The molecule has 0 unspecified atom stereocenters. The smallest absolute Gasteiger partial charge is 0.410 e. The lowest BCUT2D eigenvalue weighted by molar-refractivity contribution is -0.114. The molecule has 13 heteroatoms. The third-order valence-electron chi connectivity index (χ3n) is 8.85. The van der Waals surface area contributed by atoms with E-state index in [2.05, 4.69) is 15.5 Å². The fourth-order valence-electron chi connectivity index (χ4n) is 6.47. The highest BCUT2D eigenvalue weighted by atomic mass is 19.1. The molecule has 1 saturated carbocycles. The first-order valence-corrected chi connectivity index (χ1v) is 18.1. The van der Waals surface area contributed by atoms with Crippen molar-refractivity contribution in [3.63, 3.8) is 0 Å². The Morgan fingerprint density at radius 2 is 1.47 bits per heavy atom. The summed E-state index contributed by atoms with van der Waals surface area (Å²) in [5.41, 5.74) is 1.72. The van der Waals surface area contributed by atoms with E-state index in [-0.39, 0.29) is 29.8 Å². The van der Waals surface area contributed by atoms with E-state index >= 15 is 4.39 Å². The summed E-state index contributed by atoms with van der Waals surface area (Å²) in [6.07, 6.45) is 2.01. The molecule has 3 amide bonds. The van der Waals surface area contributed by atoms with Crippen LogP contribution >= 0.6 is 0 Å². The fraction of sp³-hybridized carbons (Fsp3) is 0.500. The Hall–Kier alpha value is -5.07. The number of carbonyl (C=O) groups is 3. The summed E-state index contributed by atoms with van der Waals surface area (Å²) in [6, 6.07) is 14.2. The van der Waals surface area contributed by atoms with Crippen LogP contribution in [0.25, 0.3) is 22.3 Å². The van der Waals surface area contributed by atoms with Gasteiger partial charge < -0.3 is 39.4 Å². The highest BCUT2D eigenvalue weighted by molar-refractivity contribution is 5.90. The molecule has 2 fully saturated rings. The number of aromatic nitrogens is 1. The third-order valence-corrected chi connectivity index (χ3v) is 8.85. The molecule has 1 aliphatic heterocycles. The molecule has 2 heterocycles. The molecule has 3 aromatic rings. The molecule has 12 nitrogen and oxygen atoms in total. The van der Waals surface area contributed by atoms with Crippen LogP contribution in [0.2, 0.25) is 0 Å². The lowest BCUT2D eigenvalue weighted by Crippen LogP contribution is -2.50. The Labute approximate surface area is 311 Å². The number of halogens is 1. The number of rotatable bonds is 8. The number of piperazine rings is 1. The lowest BCUT2D eigenvalue weighted by Gasteiger charge is -2.36. The molecular formula is C40H52FN5O7.